The maximum absolute atomic E-state index is 9.10. The lowest BCUT2D eigenvalue weighted by atomic mass is 10.1. The lowest BCUT2D eigenvalue weighted by Gasteiger charge is -2.21. The van der Waals surface area contributed by atoms with Crippen LogP contribution in [0.5, 0.6) is 5.75 Å². The molecule has 0 saturated carbocycles. The van der Waals surface area contributed by atoms with Crippen molar-refractivity contribution in [3.05, 3.63) is 29.3 Å². The lowest BCUT2D eigenvalue weighted by Crippen LogP contribution is -2.29. The summed E-state index contributed by atoms with van der Waals surface area (Å²) in [6.45, 7) is 10.5. The quantitative estimate of drug-likeness (QED) is 0.333. The van der Waals surface area contributed by atoms with Crippen LogP contribution in [0.1, 0.15) is 37.3 Å². The van der Waals surface area contributed by atoms with Crippen molar-refractivity contribution in [1.29, 1.82) is 0 Å². The first-order valence-corrected chi connectivity index (χ1v) is 9.89. The molecule has 0 aliphatic rings. The normalized spacial score (nSPS) is 10.2. The maximum atomic E-state index is 9.10. The second kappa shape index (κ2) is 14.6. The number of hydrogen-bond acceptors (Lipinski definition) is 4. The molecule has 0 bridgehead atoms. The molecule has 1 aromatic rings. The van der Waals surface area contributed by atoms with E-state index in [9.17, 15) is 0 Å². The minimum absolute atomic E-state index is 0.776. The van der Waals surface area contributed by atoms with Gasteiger partial charge in [-0.05, 0) is 50.9 Å². The number of halogens is 1. The summed E-state index contributed by atoms with van der Waals surface area (Å²) >= 11 is 3.48. The van der Waals surface area contributed by atoms with Gasteiger partial charge >= 0.3 is 11.9 Å². The van der Waals surface area contributed by atoms with Crippen molar-refractivity contribution >= 4 is 27.9 Å². The molecule has 2 N–H and O–H groups in total. The summed E-state index contributed by atoms with van der Waals surface area (Å²) in [5, 5.41) is 15.9. The van der Waals surface area contributed by atoms with Crippen LogP contribution in [0.4, 0.5) is 0 Å². The molecule has 7 heteroatoms. The molecule has 1 rings (SSSR count). The van der Waals surface area contributed by atoms with Crippen molar-refractivity contribution in [2.45, 2.75) is 40.0 Å². The second-order valence-electron chi connectivity index (χ2n) is 5.86. The third kappa shape index (κ3) is 11.1. The molecule has 0 aromatic heterocycles. The Labute approximate surface area is 164 Å². The summed E-state index contributed by atoms with van der Waals surface area (Å²) in [5.41, 5.74) is 2.45. The Kier molecular flexibility index (Phi) is 13.7. The van der Waals surface area contributed by atoms with Gasteiger partial charge in [0.05, 0.1) is 0 Å². The Morgan fingerprint density at radius 1 is 1.04 bits per heavy atom. The number of unbranched alkanes of at least 4 members (excludes halogenated alkanes) is 2. The summed E-state index contributed by atoms with van der Waals surface area (Å²) in [4.78, 5) is 20.7. The molecule has 1 aromatic carbocycles. The number of aliphatic carboxylic acids is 2. The number of ether oxygens (including phenoxy) is 1. The van der Waals surface area contributed by atoms with Gasteiger partial charge < -0.3 is 19.8 Å². The number of nitrogens with zero attached hydrogens (tertiary/aromatic N) is 1. The molecular formula is C19H30BrNO5. The molecule has 0 amide bonds. The van der Waals surface area contributed by atoms with Gasteiger partial charge in [-0.15, -0.1) is 0 Å². The van der Waals surface area contributed by atoms with E-state index in [1.807, 2.05) is 0 Å². The molecule has 0 radical (unpaired) electrons. The Bertz CT molecular complexity index is 518. The number of para-hydroxylation sites is 1. The van der Waals surface area contributed by atoms with Crippen LogP contribution in [0.2, 0.25) is 0 Å². The molecule has 0 heterocycles. The number of carbonyl (C=O) groups is 2. The fourth-order valence-corrected chi connectivity index (χ4v) is 2.73. The second-order valence-corrected chi connectivity index (χ2v) is 6.66. The number of benzene rings is 1. The van der Waals surface area contributed by atoms with Gasteiger partial charge in [-0.1, -0.05) is 47.5 Å². The highest BCUT2D eigenvalue weighted by molar-refractivity contribution is 9.09. The van der Waals surface area contributed by atoms with Crippen LogP contribution in [0.3, 0.4) is 0 Å². The van der Waals surface area contributed by atoms with E-state index in [1.54, 1.807) is 0 Å². The molecule has 0 aliphatic carbocycles. The Morgan fingerprint density at radius 3 is 2.08 bits per heavy atom. The Morgan fingerprint density at radius 2 is 1.62 bits per heavy atom. The standard InChI is InChI=1S/C17H28BrNO.C2H2O4/c1-4-19(12-7-5-6-11-18)13-14-20-17-15(2)9-8-10-16(17)3;3-1(4)2(5)6/h8-10H,4-7,11-14H2,1-3H3;(H,3,4)(H,5,6). The van der Waals surface area contributed by atoms with Gasteiger partial charge in [0.2, 0.25) is 0 Å². The van der Waals surface area contributed by atoms with Gasteiger partial charge in [-0.25, -0.2) is 9.59 Å². The van der Waals surface area contributed by atoms with Crippen molar-refractivity contribution in [2.75, 3.05) is 31.6 Å². The Hall–Kier alpha value is -1.60. The SMILES string of the molecule is CCN(CCCCCBr)CCOc1c(C)cccc1C.O=C(O)C(=O)O. The summed E-state index contributed by atoms with van der Waals surface area (Å²) in [7, 11) is 0. The van der Waals surface area contributed by atoms with Crippen LogP contribution >= 0.6 is 15.9 Å². The zero-order valence-electron chi connectivity index (χ0n) is 15.8. The van der Waals surface area contributed by atoms with Gasteiger partial charge in [0.15, 0.2) is 0 Å². The van der Waals surface area contributed by atoms with Crippen molar-refractivity contribution in [3.63, 3.8) is 0 Å². The van der Waals surface area contributed by atoms with Crippen LogP contribution in [0, 0.1) is 13.8 Å². The monoisotopic (exact) mass is 431 g/mol. The van der Waals surface area contributed by atoms with E-state index in [4.69, 9.17) is 24.5 Å². The van der Waals surface area contributed by atoms with Crippen molar-refractivity contribution < 1.29 is 24.5 Å². The number of likely N-dealkylation sites (N-methyl/N-ethyl adjacent to an activating group) is 1. The third-order valence-corrected chi connectivity index (χ3v) is 4.36. The third-order valence-electron chi connectivity index (χ3n) is 3.80. The largest absolute Gasteiger partial charge is 0.492 e. The molecule has 0 unspecified atom stereocenters. The highest BCUT2D eigenvalue weighted by Gasteiger charge is 2.06. The van der Waals surface area contributed by atoms with E-state index < -0.39 is 11.9 Å². The number of rotatable bonds is 10. The van der Waals surface area contributed by atoms with E-state index in [2.05, 4.69) is 59.8 Å². The van der Waals surface area contributed by atoms with Crippen molar-refractivity contribution in [1.82, 2.24) is 4.90 Å². The van der Waals surface area contributed by atoms with E-state index in [0.29, 0.717) is 0 Å². The maximum Gasteiger partial charge on any atom is 0.414 e. The molecule has 0 fully saturated rings. The summed E-state index contributed by atoms with van der Waals surface area (Å²) in [6.07, 6.45) is 3.86. The first-order chi connectivity index (χ1) is 12.3. The summed E-state index contributed by atoms with van der Waals surface area (Å²) in [5.74, 6) is -2.59. The smallest absolute Gasteiger partial charge is 0.414 e. The van der Waals surface area contributed by atoms with E-state index in [-0.39, 0.29) is 0 Å². The molecule has 0 aliphatic heterocycles. The molecular weight excluding hydrogens is 402 g/mol. The summed E-state index contributed by atoms with van der Waals surface area (Å²) < 4.78 is 5.98. The first-order valence-electron chi connectivity index (χ1n) is 8.77. The van der Waals surface area contributed by atoms with Gasteiger partial charge in [0.25, 0.3) is 0 Å². The highest BCUT2D eigenvalue weighted by atomic mass is 79.9. The van der Waals surface area contributed by atoms with Crippen LogP contribution in [-0.2, 0) is 9.59 Å². The van der Waals surface area contributed by atoms with Gasteiger partial charge in [0, 0.05) is 11.9 Å². The van der Waals surface area contributed by atoms with Crippen LogP contribution in [-0.4, -0.2) is 58.6 Å². The molecule has 0 saturated heterocycles. The average molecular weight is 432 g/mol. The number of alkyl halides is 1. The van der Waals surface area contributed by atoms with E-state index in [0.717, 1.165) is 30.8 Å². The predicted octanol–water partition coefficient (Wildman–Crippen LogP) is 3.72. The van der Waals surface area contributed by atoms with Crippen molar-refractivity contribution in [3.8, 4) is 5.75 Å². The first kappa shape index (κ1) is 24.4. The highest BCUT2D eigenvalue weighted by Crippen LogP contribution is 2.22. The van der Waals surface area contributed by atoms with Crippen LogP contribution in [0.15, 0.2) is 18.2 Å². The number of carboxylic acids is 2. The van der Waals surface area contributed by atoms with Gasteiger partial charge in [0.1, 0.15) is 12.4 Å². The average Bonchev–Trinajstić information content (AvgIpc) is 2.59. The molecule has 148 valence electrons. The molecule has 0 spiro atoms. The number of aryl methyl sites for hydroxylation is 2. The summed E-state index contributed by atoms with van der Waals surface area (Å²) in [6, 6.07) is 6.31. The molecule has 6 nitrogen and oxygen atoms in total. The fraction of sp³-hybridized carbons (Fsp3) is 0.579. The predicted molar refractivity (Wildman–Crippen MR) is 106 cm³/mol. The molecule has 0 atom stereocenters. The Balaban J connectivity index is 0.000000896. The number of hydrogen-bond donors (Lipinski definition) is 2. The minimum atomic E-state index is -1.82. The van der Waals surface area contributed by atoms with E-state index >= 15 is 0 Å². The fourth-order valence-electron chi connectivity index (χ4n) is 2.34. The zero-order valence-corrected chi connectivity index (χ0v) is 17.4. The number of carboxylic acid groups (broad SMARTS) is 2. The van der Waals surface area contributed by atoms with Crippen LogP contribution < -0.4 is 4.74 Å². The van der Waals surface area contributed by atoms with Crippen LogP contribution in [0.25, 0.3) is 0 Å². The topological polar surface area (TPSA) is 87.1 Å². The van der Waals surface area contributed by atoms with Gasteiger partial charge in [-0.3, -0.25) is 0 Å². The van der Waals surface area contributed by atoms with E-state index in [1.165, 1.54) is 36.9 Å². The minimum Gasteiger partial charge on any atom is -0.492 e. The zero-order chi connectivity index (χ0) is 19.9. The van der Waals surface area contributed by atoms with Crippen molar-refractivity contribution in [2.24, 2.45) is 0 Å². The van der Waals surface area contributed by atoms with Gasteiger partial charge in [-0.2, -0.15) is 0 Å². The lowest BCUT2D eigenvalue weighted by molar-refractivity contribution is -0.159. The molecule has 26 heavy (non-hydrogen) atoms.